The maximum absolute atomic E-state index is 13.1. The Morgan fingerprint density at radius 2 is 1.92 bits per heavy atom. The molecule has 0 radical (unpaired) electrons. The minimum Gasteiger partial charge on any atom is -0.339 e. The minimum atomic E-state index is -0.185. The molecule has 1 aromatic carbocycles. The number of amides is 2. The van der Waals surface area contributed by atoms with Gasteiger partial charge in [0.2, 0.25) is 11.8 Å². The summed E-state index contributed by atoms with van der Waals surface area (Å²) in [5, 5.41) is 0. The van der Waals surface area contributed by atoms with Crippen molar-refractivity contribution in [3.8, 4) is 0 Å². The molecule has 1 unspecified atom stereocenters. The molecule has 1 atom stereocenters. The fraction of sp³-hybridized carbons (Fsp3) is 0.600. The lowest BCUT2D eigenvalue weighted by atomic mass is 10.1. The lowest BCUT2D eigenvalue weighted by Crippen LogP contribution is -2.39. The van der Waals surface area contributed by atoms with Crippen molar-refractivity contribution in [3.05, 3.63) is 30.3 Å². The van der Waals surface area contributed by atoms with Gasteiger partial charge in [-0.1, -0.05) is 44.4 Å². The largest absolute Gasteiger partial charge is 0.339 e. The van der Waals surface area contributed by atoms with E-state index in [0.717, 1.165) is 37.9 Å². The van der Waals surface area contributed by atoms with Gasteiger partial charge >= 0.3 is 0 Å². The molecule has 0 bridgehead atoms. The summed E-state index contributed by atoms with van der Waals surface area (Å²) in [5.41, 5.74) is 0.947. The Morgan fingerprint density at radius 1 is 1.21 bits per heavy atom. The highest BCUT2D eigenvalue weighted by atomic mass is 16.2. The van der Waals surface area contributed by atoms with Crippen LogP contribution in [-0.2, 0) is 9.59 Å². The zero-order valence-electron chi connectivity index (χ0n) is 14.6. The van der Waals surface area contributed by atoms with Crippen LogP contribution in [0.1, 0.15) is 51.9 Å². The first-order valence-corrected chi connectivity index (χ1v) is 9.36. The SMILES string of the molecule is CCCCN(C(=O)C1CC(=O)N(C2CCCC2)C1)c1ccccc1. The van der Waals surface area contributed by atoms with Crippen molar-refractivity contribution in [1.82, 2.24) is 4.90 Å². The molecular formula is C20H28N2O2. The standard InChI is InChI=1S/C20H28N2O2/c1-2-3-13-21(17-9-5-4-6-10-17)20(24)16-14-19(23)22(15-16)18-11-7-8-12-18/h4-6,9-10,16,18H,2-3,7-8,11-15H2,1H3. The quantitative estimate of drug-likeness (QED) is 0.800. The van der Waals surface area contributed by atoms with Crippen LogP contribution in [0.5, 0.6) is 0 Å². The third-order valence-electron chi connectivity index (χ3n) is 5.34. The number of hydrogen-bond acceptors (Lipinski definition) is 2. The van der Waals surface area contributed by atoms with Gasteiger partial charge in [0.25, 0.3) is 0 Å². The number of carbonyl (C=O) groups is 2. The Balaban J connectivity index is 1.71. The highest BCUT2D eigenvalue weighted by Crippen LogP contribution is 2.31. The van der Waals surface area contributed by atoms with Crippen molar-refractivity contribution < 1.29 is 9.59 Å². The first-order chi connectivity index (χ1) is 11.7. The van der Waals surface area contributed by atoms with Crippen molar-refractivity contribution in [2.45, 2.75) is 57.9 Å². The van der Waals surface area contributed by atoms with Gasteiger partial charge in [-0.05, 0) is 31.4 Å². The number of anilines is 1. The summed E-state index contributed by atoms with van der Waals surface area (Å²) in [7, 11) is 0. The van der Waals surface area contributed by atoms with Gasteiger partial charge in [0, 0.05) is 31.2 Å². The van der Waals surface area contributed by atoms with Gasteiger partial charge in [0.15, 0.2) is 0 Å². The molecular weight excluding hydrogens is 300 g/mol. The number of unbranched alkanes of at least 4 members (excludes halogenated alkanes) is 1. The second-order valence-corrected chi connectivity index (χ2v) is 7.06. The Kier molecular flexibility index (Phi) is 5.54. The van der Waals surface area contributed by atoms with Gasteiger partial charge in [0.1, 0.15) is 0 Å². The molecule has 130 valence electrons. The minimum absolute atomic E-state index is 0.114. The van der Waals surface area contributed by atoms with Crippen LogP contribution in [-0.4, -0.2) is 35.8 Å². The Bertz CT molecular complexity index is 566. The maximum Gasteiger partial charge on any atom is 0.232 e. The molecule has 1 saturated heterocycles. The van der Waals surface area contributed by atoms with Crippen LogP contribution < -0.4 is 4.90 Å². The van der Waals surface area contributed by atoms with Crippen molar-refractivity contribution in [2.75, 3.05) is 18.0 Å². The molecule has 1 aliphatic heterocycles. The topological polar surface area (TPSA) is 40.6 Å². The van der Waals surface area contributed by atoms with Crippen LogP contribution in [0.4, 0.5) is 5.69 Å². The van der Waals surface area contributed by atoms with E-state index in [1.807, 2.05) is 40.1 Å². The lowest BCUT2D eigenvalue weighted by Gasteiger charge is -2.27. The fourth-order valence-electron chi connectivity index (χ4n) is 3.98. The monoisotopic (exact) mass is 328 g/mol. The van der Waals surface area contributed by atoms with Crippen molar-refractivity contribution in [3.63, 3.8) is 0 Å². The van der Waals surface area contributed by atoms with Crippen LogP contribution in [0.3, 0.4) is 0 Å². The van der Waals surface area contributed by atoms with E-state index in [1.54, 1.807) is 0 Å². The van der Waals surface area contributed by atoms with Gasteiger partial charge in [-0.2, -0.15) is 0 Å². The molecule has 1 aromatic rings. The van der Waals surface area contributed by atoms with Crippen molar-refractivity contribution in [2.24, 2.45) is 5.92 Å². The number of para-hydroxylation sites is 1. The van der Waals surface area contributed by atoms with Crippen LogP contribution >= 0.6 is 0 Å². The van der Waals surface area contributed by atoms with Crippen LogP contribution in [0.15, 0.2) is 30.3 Å². The van der Waals surface area contributed by atoms with E-state index < -0.39 is 0 Å². The van der Waals surface area contributed by atoms with E-state index >= 15 is 0 Å². The normalized spacial score (nSPS) is 21.5. The average Bonchev–Trinajstić information content (AvgIpc) is 3.25. The molecule has 24 heavy (non-hydrogen) atoms. The molecule has 3 rings (SSSR count). The van der Waals surface area contributed by atoms with E-state index in [-0.39, 0.29) is 17.7 Å². The predicted octanol–water partition coefficient (Wildman–Crippen LogP) is 3.61. The van der Waals surface area contributed by atoms with E-state index in [4.69, 9.17) is 0 Å². The predicted molar refractivity (Wildman–Crippen MR) is 95.8 cm³/mol. The zero-order chi connectivity index (χ0) is 16.9. The molecule has 4 nitrogen and oxygen atoms in total. The molecule has 0 aromatic heterocycles. The molecule has 2 aliphatic rings. The van der Waals surface area contributed by atoms with Gasteiger partial charge in [-0.25, -0.2) is 0 Å². The third kappa shape index (κ3) is 3.63. The summed E-state index contributed by atoms with van der Waals surface area (Å²) < 4.78 is 0. The van der Waals surface area contributed by atoms with Gasteiger partial charge < -0.3 is 9.80 Å². The van der Waals surface area contributed by atoms with Gasteiger partial charge in [0.05, 0.1) is 5.92 Å². The number of nitrogens with zero attached hydrogens (tertiary/aromatic N) is 2. The first-order valence-electron chi connectivity index (χ1n) is 9.36. The van der Waals surface area contributed by atoms with E-state index in [2.05, 4.69) is 6.92 Å². The Labute approximate surface area is 144 Å². The summed E-state index contributed by atoms with van der Waals surface area (Å²) in [4.78, 5) is 29.4. The molecule has 2 fully saturated rings. The molecule has 1 aliphatic carbocycles. The zero-order valence-corrected chi connectivity index (χ0v) is 14.6. The number of likely N-dealkylation sites (tertiary alicyclic amines) is 1. The summed E-state index contributed by atoms with van der Waals surface area (Å²) >= 11 is 0. The smallest absolute Gasteiger partial charge is 0.232 e. The number of rotatable bonds is 6. The molecule has 4 heteroatoms. The van der Waals surface area contributed by atoms with E-state index in [9.17, 15) is 9.59 Å². The highest BCUT2D eigenvalue weighted by molar-refractivity contribution is 5.99. The molecule has 0 spiro atoms. The summed E-state index contributed by atoms with van der Waals surface area (Å²) in [5.74, 6) is 0.0995. The van der Waals surface area contributed by atoms with Gasteiger partial charge in [-0.15, -0.1) is 0 Å². The van der Waals surface area contributed by atoms with Crippen LogP contribution in [0, 0.1) is 5.92 Å². The Morgan fingerprint density at radius 3 is 2.58 bits per heavy atom. The van der Waals surface area contributed by atoms with Gasteiger partial charge in [-0.3, -0.25) is 9.59 Å². The molecule has 1 saturated carbocycles. The second-order valence-electron chi connectivity index (χ2n) is 7.06. The third-order valence-corrected chi connectivity index (χ3v) is 5.34. The Hall–Kier alpha value is -1.84. The number of hydrogen-bond donors (Lipinski definition) is 0. The van der Waals surface area contributed by atoms with E-state index in [1.165, 1.54) is 12.8 Å². The van der Waals surface area contributed by atoms with Crippen LogP contribution in [0.25, 0.3) is 0 Å². The first kappa shape index (κ1) is 17.0. The van der Waals surface area contributed by atoms with Crippen LogP contribution in [0.2, 0.25) is 0 Å². The van der Waals surface area contributed by atoms with E-state index in [0.29, 0.717) is 19.0 Å². The highest BCUT2D eigenvalue weighted by Gasteiger charge is 2.40. The van der Waals surface area contributed by atoms with Crippen molar-refractivity contribution >= 4 is 17.5 Å². The average molecular weight is 328 g/mol. The molecule has 0 N–H and O–H groups in total. The molecule has 1 heterocycles. The summed E-state index contributed by atoms with van der Waals surface area (Å²) in [6.07, 6.45) is 7.03. The lowest BCUT2D eigenvalue weighted by molar-refractivity contribution is -0.130. The fourth-order valence-corrected chi connectivity index (χ4v) is 3.98. The summed E-state index contributed by atoms with van der Waals surface area (Å²) in [6, 6.07) is 10.2. The maximum atomic E-state index is 13.1. The number of benzene rings is 1. The second kappa shape index (κ2) is 7.82. The van der Waals surface area contributed by atoms with Crippen molar-refractivity contribution in [1.29, 1.82) is 0 Å². The summed E-state index contributed by atoms with van der Waals surface area (Å²) in [6.45, 7) is 3.47. The number of carbonyl (C=O) groups excluding carboxylic acids is 2. The molecule has 2 amide bonds.